The van der Waals surface area contributed by atoms with Crippen molar-refractivity contribution < 1.29 is 32.2 Å². The molecule has 0 aliphatic carbocycles. The van der Waals surface area contributed by atoms with Gasteiger partial charge in [0.2, 0.25) is 17.9 Å². The third-order valence-corrected chi connectivity index (χ3v) is 9.54. The Hall–Kier alpha value is -4.30. The number of benzene rings is 2. The summed E-state index contributed by atoms with van der Waals surface area (Å²) in [4.78, 5) is 38.3. The van der Waals surface area contributed by atoms with Crippen molar-refractivity contribution in [2.45, 2.75) is 44.5 Å². The molecule has 0 bridgehead atoms. The van der Waals surface area contributed by atoms with Crippen molar-refractivity contribution in [2.75, 3.05) is 61.9 Å². The van der Waals surface area contributed by atoms with Gasteiger partial charge in [0.15, 0.2) is 0 Å². The fourth-order valence-corrected chi connectivity index (χ4v) is 6.91. The van der Waals surface area contributed by atoms with E-state index in [4.69, 9.17) is 26.8 Å². The van der Waals surface area contributed by atoms with Crippen molar-refractivity contribution in [2.24, 2.45) is 5.41 Å². The first kappa shape index (κ1) is 33.6. The molecule has 0 saturated carbocycles. The van der Waals surface area contributed by atoms with Crippen LogP contribution in [-0.2, 0) is 9.53 Å². The molecule has 0 unspecified atom stereocenters. The normalized spacial score (nSPS) is 20.0. The minimum atomic E-state index is -4.85. The number of carbonyl (C=O) groups is 2. The van der Waals surface area contributed by atoms with Gasteiger partial charge < -0.3 is 30.3 Å². The van der Waals surface area contributed by atoms with Crippen molar-refractivity contribution in [1.82, 2.24) is 20.2 Å². The number of piperidine rings is 1. The fraction of sp³-hybridized carbons (Fsp3) is 0.455. The predicted molar refractivity (Wildman–Crippen MR) is 175 cm³/mol. The van der Waals surface area contributed by atoms with Crippen molar-refractivity contribution in [3.63, 3.8) is 0 Å². The van der Waals surface area contributed by atoms with E-state index in [1.807, 2.05) is 4.90 Å². The quantitative estimate of drug-likeness (QED) is 0.298. The molecule has 3 aliphatic heterocycles. The van der Waals surface area contributed by atoms with Crippen LogP contribution in [0.1, 0.15) is 37.9 Å². The van der Waals surface area contributed by atoms with Gasteiger partial charge in [0.05, 0.1) is 6.61 Å². The maximum Gasteiger partial charge on any atom is 0.429 e. The number of likely N-dealkylation sites (N-methyl/N-ethyl adjacent to an activating group) is 1. The highest BCUT2D eigenvalue weighted by Gasteiger charge is 2.46. The van der Waals surface area contributed by atoms with E-state index in [-0.39, 0.29) is 51.4 Å². The minimum absolute atomic E-state index is 0.0898. The molecule has 3 aromatic rings. The molecule has 2 aromatic carbocycles. The molecule has 3 N–H and O–H groups in total. The number of halogens is 4. The molecule has 3 aliphatic rings. The molecule has 11 nitrogen and oxygen atoms in total. The minimum Gasteiger partial charge on any atom is -0.465 e. The van der Waals surface area contributed by atoms with Crippen LogP contribution in [0.15, 0.2) is 48.5 Å². The van der Waals surface area contributed by atoms with E-state index in [2.05, 4.69) is 15.3 Å². The summed E-state index contributed by atoms with van der Waals surface area (Å²) in [6.45, 7) is 4.87. The third-order valence-electron chi connectivity index (χ3n) is 9.31. The van der Waals surface area contributed by atoms with Crippen molar-refractivity contribution >= 4 is 41.1 Å². The first-order chi connectivity index (χ1) is 22.9. The maximum absolute atomic E-state index is 14.8. The Morgan fingerprint density at radius 1 is 1.12 bits per heavy atom. The number of ether oxygens (including phenoxy) is 2. The number of alkyl halides is 3. The van der Waals surface area contributed by atoms with Gasteiger partial charge >= 0.3 is 18.2 Å². The average Bonchev–Trinajstić information content (AvgIpc) is 3.62. The van der Waals surface area contributed by atoms with E-state index in [9.17, 15) is 22.8 Å². The zero-order valence-electron chi connectivity index (χ0n) is 26.6. The largest absolute Gasteiger partial charge is 0.465 e. The van der Waals surface area contributed by atoms with Gasteiger partial charge in [-0.1, -0.05) is 29.8 Å². The first-order valence-corrected chi connectivity index (χ1v) is 16.2. The fourth-order valence-electron chi connectivity index (χ4n) is 6.73. The number of nitrogens with one attached hydrogen (secondary N) is 1. The predicted octanol–water partition coefficient (Wildman–Crippen LogP) is 5.45. The summed E-state index contributed by atoms with van der Waals surface area (Å²) in [6.07, 6.45) is -5.13. The van der Waals surface area contributed by atoms with Gasteiger partial charge in [-0.2, -0.15) is 23.1 Å². The summed E-state index contributed by atoms with van der Waals surface area (Å²) in [5, 5.41) is 3.51. The molecule has 6 rings (SSSR count). The lowest BCUT2D eigenvalue weighted by Gasteiger charge is -2.39. The molecule has 4 heterocycles. The number of nitrogens with zero attached hydrogens (tertiary/aromatic N) is 5. The van der Waals surface area contributed by atoms with Crippen LogP contribution in [0.5, 0.6) is 5.88 Å². The van der Waals surface area contributed by atoms with E-state index in [0.717, 1.165) is 12.8 Å². The van der Waals surface area contributed by atoms with E-state index in [1.54, 1.807) is 48.0 Å². The highest BCUT2D eigenvalue weighted by atomic mass is 35.5. The van der Waals surface area contributed by atoms with Crippen LogP contribution < -0.4 is 25.6 Å². The molecule has 3 fully saturated rings. The van der Waals surface area contributed by atoms with Gasteiger partial charge in [-0.3, -0.25) is 9.69 Å². The second kappa shape index (κ2) is 13.3. The zero-order chi connectivity index (χ0) is 34.2. The standard InChI is InChI=1S/C33H37ClF3N7O4/c1-3-47-29(45)25-18-32(19-39-25)9-11-43(12-10-32)26-17-27(41-30(38)40-26)48-28(33(35,36)37)23-8-7-21(34)16-24(23)20-5-4-6-22(15-20)44-14-13-42(2)31(44)46/h4-8,15-17,25,28,39H,3,9-14,18-19H2,1-2H3,(H2,38,40,41)/t25-,28+/m0/s1. The van der Waals surface area contributed by atoms with Crippen LogP contribution in [0.25, 0.3) is 11.1 Å². The lowest BCUT2D eigenvalue weighted by Crippen LogP contribution is -2.41. The van der Waals surface area contributed by atoms with Crippen LogP contribution in [0.2, 0.25) is 5.02 Å². The molecular weight excluding hydrogens is 651 g/mol. The summed E-state index contributed by atoms with van der Waals surface area (Å²) in [5.74, 6) is -0.457. The number of hydrogen-bond donors (Lipinski definition) is 2. The summed E-state index contributed by atoms with van der Waals surface area (Å²) in [6, 6.07) is 11.7. The lowest BCUT2D eigenvalue weighted by atomic mass is 9.76. The molecule has 2 atom stereocenters. The Kier molecular flexibility index (Phi) is 9.31. The number of rotatable bonds is 8. The summed E-state index contributed by atoms with van der Waals surface area (Å²) in [7, 11) is 1.69. The summed E-state index contributed by atoms with van der Waals surface area (Å²) >= 11 is 6.30. The monoisotopic (exact) mass is 687 g/mol. The van der Waals surface area contributed by atoms with E-state index in [0.29, 0.717) is 62.8 Å². The van der Waals surface area contributed by atoms with Gasteiger partial charge in [-0.25, -0.2) is 4.79 Å². The highest BCUT2D eigenvalue weighted by molar-refractivity contribution is 6.30. The van der Waals surface area contributed by atoms with Crippen LogP contribution >= 0.6 is 11.6 Å². The number of amides is 2. The lowest BCUT2D eigenvalue weighted by molar-refractivity contribution is -0.198. The molecule has 1 spiro atoms. The van der Waals surface area contributed by atoms with Crippen LogP contribution in [-0.4, -0.2) is 85.5 Å². The Morgan fingerprint density at radius 3 is 2.58 bits per heavy atom. The number of aromatic nitrogens is 2. The highest BCUT2D eigenvalue weighted by Crippen LogP contribution is 2.44. The Morgan fingerprint density at radius 2 is 1.90 bits per heavy atom. The van der Waals surface area contributed by atoms with Crippen molar-refractivity contribution in [3.05, 3.63) is 59.1 Å². The van der Waals surface area contributed by atoms with E-state index < -0.39 is 12.3 Å². The van der Waals surface area contributed by atoms with Crippen molar-refractivity contribution in [3.8, 4) is 17.0 Å². The second-order valence-corrected chi connectivity index (χ2v) is 12.9. The molecule has 0 radical (unpaired) electrons. The van der Waals surface area contributed by atoms with Gasteiger partial charge in [0.1, 0.15) is 11.9 Å². The number of nitrogen functional groups attached to an aromatic ring is 1. The van der Waals surface area contributed by atoms with Crippen LogP contribution in [0, 0.1) is 5.41 Å². The average molecular weight is 688 g/mol. The Balaban J connectivity index is 1.25. The topological polar surface area (TPSA) is 126 Å². The summed E-state index contributed by atoms with van der Waals surface area (Å²) < 4.78 is 55.3. The van der Waals surface area contributed by atoms with Gasteiger partial charge in [0, 0.05) is 62.1 Å². The van der Waals surface area contributed by atoms with E-state index in [1.165, 1.54) is 24.3 Å². The maximum atomic E-state index is 14.8. The SMILES string of the molecule is CCOC(=O)[C@@H]1CC2(CCN(c3cc(O[C@H](c4ccc(Cl)cc4-c4cccc(N5CCN(C)C5=O)c4)C(F)(F)F)nc(N)n3)CC2)CN1. The number of carbonyl (C=O) groups excluding carboxylic acids is 2. The smallest absolute Gasteiger partial charge is 0.429 e. The van der Waals surface area contributed by atoms with Gasteiger partial charge in [-0.05, 0) is 67.0 Å². The molecule has 3 saturated heterocycles. The Bertz CT molecular complexity index is 1690. The molecule has 2 amide bonds. The molecular formula is C33H37ClF3N7O4. The third kappa shape index (κ3) is 6.95. The molecule has 15 heteroatoms. The number of urea groups is 1. The van der Waals surface area contributed by atoms with E-state index >= 15 is 0 Å². The van der Waals surface area contributed by atoms with Gasteiger partial charge in [0.25, 0.3) is 0 Å². The number of nitrogens with two attached hydrogens (primary N) is 1. The number of anilines is 3. The number of esters is 1. The molecule has 48 heavy (non-hydrogen) atoms. The molecule has 1 aromatic heterocycles. The van der Waals surface area contributed by atoms with Crippen molar-refractivity contribution in [1.29, 1.82) is 0 Å². The van der Waals surface area contributed by atoms with Gasteiger partial charge in [-0.15, -0.1) is 0 Å². The van der Waals surface area contributed by atoms with Crippen LogP contribution in [0.4, 0.5) is 35.4 Å². The zero-order valence-corrected chi connectivity index (χ0v) is 27.4. The van der Waals surface area contributed by atoms with Crippen LogP contribution in [0.3, 0.4) is 0 Å². The first-order valence-electron chi connectivity index (χ1n) is 15.8. The molecule has 256 valence electrons. The number of hydrogen-bond acceptors (Lipinski definition) is 9. The summed E-state index contributed by atoms with van der Waals surface area (Å²) in [5.41, 5.74) is 6.91. The second-order valence-electron chi connectivity index (χ2n) is 12.5. The Labute approximate surface area is 281 Å².